The zero-order chi connectivity index (χ0) is 13.2. The Hall–Kier alpha value is -0.680. The van der Waals surface area contributed by atoms with Gasteiger partial charge in [-0.1, -0.05) is 25.1 Å². The molecule has 0 saturated carbocycles. The molecular weight excluding hydrogens is 338 g/mol. The van der Waals surface area contributed by atoms with Gasteiger partial charge < -0.3 is 5.32 Å². The fourth-order valence-corrected chi connectivity index (χ4v) is 4.76. The number of hydrogen-bond acceptors (Lipinski definition) is 3. The zero-order valence-electron chi connectivity index (χ0n) is 10.5. The molecular formula is C15H14BrNS2. The maximum atomic E-state index is 3.61. The van der Waals surface area contributed by atoms with E-state index in [9.17, 15) is 0 Å². The molecule has 3 rings (SSSR count). The number of fused-ring (bicyclic) bond motifs is 1. The highest BCUT2D eigenvalue weighted by atomic mass is 79.9. The molecule has 0 saturated heterocycles. The molecule has 19 heavy (non-hydrogen) atoms. The molecule has 0 aliphatic carbocycles. The molecule has 1 aromatic carbocycles. The van der Waals surface area contributed by atoms with Gasteiger partial charge in [-0.15, -0.1) is 22.7 Å². The summed E-state index contributed by atoms with van der Waals surface area (Å²) < 4.78 is 2.57. The van der Waals surface area contributed by atoms with Crippen LogP contribution < -0.4 is 5.32 Å². The Balaban J connectivity index is 2.11. The monoisotopic (exact) mass is 351 g/mol. The standard InChI is InChI=1S/C15H14BrNS2/c1-2-17-14(12-6-7-13(16)19-12)11-5-3-4-10-8-9-18-15(10)11/h3-9,14,17H,2H2,1H3. The molecule has 0 spiro atoms. The molecule has 1 nitrogen and oxygen atoms in total. The Morgan fingerprint density at radius 2 is 2.11 bits per heavy atom. The smallest absolute Gasteiger partial charge is 0.0702 e. The normalized spacial score (nSPS) is 12.9. The predicted octanol–water partition coefficient (Wildman–Crippen LogP) is 5.42. The third kappa shape index (κ3) is 2.63. The van der Waals surface area contributed by atoms with Crippen LogP contribution in [0.2, 0.25) is 0 Å². The second kappa shape index (κ2) is 5.75. The van der Waals surface area contributed by atoms with E-state index in [2.05, 4.69) is 69.9 Å². The maximum absolute atomic E-state index is 3.61. The average Bonchev–Trinajstić information content (AvgIpc) is 3.04. The summed E-state index contributed by atoms with van der Waals surface area (Å²) in [6, 6.07) is 13.4. The van der Waals surface area contributed by atoms with E-state index >= 15 is 0 Å². The first-order valence-corrected chi connectivity index (χ1v) is 8.73. The predicted molar refractivity (Wildman–Crippen MR) is 89.4 cm³/mol. The minimum absolute atomic E-state index is 0.281. The lowest BCUT2D eigenvalue weighted by atomic mass is 10.0. The molecule has 0 bridgehead atoms. The third-order valence-electron chi connectivity index (χ3n) is 3.11. The number of nitrogens with one attached hydrogen (secondary N) is 1. The molecule has 2 heterocycles. The van der Waals surface area contributed by atoms with E-state index < -0.39 is 0 Å². The molecule has 3 aromatic rings. The van der Waals surface area contributed by atoms with Crippen molar-refractivity contribution in [3.63, 3.8) is 0 Å². The van der Waals surface area contributed by atoms with E-state index in [4.69, 9.17) is 0 Å². The van der Waals surface area contributed by atoms with Crippen LogP contribution in [0.15, 0.2) is 45.6 Å². The summed E-state index contributed by atoms with van der Waals surface area (Å²) in [5, 5.41) is 7.11. The van der Waals surface area contributed by atoms with Crippen molar-refractivity contribution in [1.82, 2.24) is 5.32 Å². The van der Waals surface area contributed by atoms with Crippen LogP contribution in [-0.2, 0) is 0 Å². The lowest BCUT2D eigenvalue weighted by Gasteiger charge is -2.17. The second-order valence-electron chi connectivity index (χ2n) is 4.32. The van der Waals surface area contributed by atoms with Gasteiger partial charge in [-0.2, -0.15) is 0 Å². The van der Waals surface area contributed by atoms with Gasteiger partial charge in [0.15, 0.2) is 0 Å². The number of rotatable bonds is 4. The summed E-state index contributed by atoms with van der Waals surface area (Å²) in [5.74, 6) is 0. The molecule has 0 aliphatic heterocycles. The van der Waals surface area contributed by atoms with Crippen molar-refractivity contribution in [2.24, 2.45) is 0 Å². The zero-order valence-corrected chi connectivity index (χ0v) is 13.7. The summed E-state index contributed by atoms with van der Waals surface area (Å²) in [5.41, 5.74) is 1.38. The number of halogens is 1. The van der Waals surface area contributed by atoms with E-state index in [1.165, 1.54) is 24.3 Å². The van der Waals surface area contributed by atoms with Gasteiger partial charge in [-0.05, 0) is 57.0 Å². The molecule has 0 amide bonds. The summed E-state index contributed by atoms with van der Waals surface area (Å²) in [6.45, 7) is 3.12. The van der Waals surface area contributed by atoms with Gasteiger partial charge >= 0.3 is 0 Å². The fourth-order valence-electron chi connectivity index (χ4n) is 2.29. The minimum atomic E-state index is 0.281. The fraction of sp³-hybridized carbons (Fsp3) is 0.200. The van der Waals surface area contributed by atoms with Gasteiger partial charge in [-0.3, -0.25) is 0 Å². The van der Waals surface area contributed by atoms with Crippen molar-refractivity contribution < 1.29 is 0 Å². The van der Waals surface area contributed by atoms with Gasteiger partial charge in [-0.25, -0.2) is 0 Å². The molecule has 1 N–H and O–H groups in total. The summed E-state index contributed by atoms with van der Waals surface area (Å²) in [6.07, 6.45) is 0. The largest absolute Gasteiger partial charge is 0.306 e. The Morgan fingerprint density at radius 3 is 2.84 bits per heavy atom. The second-order valence-corrected chi connectivity index (χ2v) is 7.73. The van der Waals surface area contributed by atoms with Crippen LogP contribution in [-0.4, -0.2) is 6.54 Å². The van der Waals surface area contributed by atoms with Crippen LogP contribution in [0.3, 0.4) is 0 Å². The van der Waals surface area contributed by atoms with Crippen LogP contribution in [0, 0.1) is 0 Å². The highest BCUT2D eigenvalue weighted by molar-refractivity contribution is 9.11. The molecule has 0 fully saturated rings. The molecule has 4 heteroatoms. The molecule has 0 aliphatic rings. The minimum Gasteiger partial charge on any atom is -0.306 e. The van der Waals surface area contributed by atoms with Crippen molar-refractivity contribution in [2.45, 2.75) is 13.0 Å². The molecule has 1 atom stereocenters. The van der Waals surface area contributed by atoms with Crippen LogP contribution in [0.5, 0.6) is 0 Å². The maximum Gasteiger partial charge on any atom is 0.0702 e. The lowest BCUT2D eigenvalue weighted by molar-refractivity contribution is 0.644. The first-order valence-electron chi connectivity index (χ1n) is 6.24. The van der Waals surface area contributed by atoms with E-state index in [1.54, 1.807) is 11.3 Å². The van der Waals surface area contributed by atoms with Gasteiger partial charge in [0.05, 0.1) is 9.83 Å². The SMILES string of the molecule is CCNC(c1ccc(Br)s1)c1cccc2ccsc12. The Labute approximate surface area is 129 Å². The van der Waals surface area contributed by atoms with Gasteiger partial charge in [0, 0.05) is 9.58 Å². The third-order valence-corrected chi connectivity index (χ3v) is 5.77. The lowest BCUT2D eigenvalue weighted by Crippen LogP contribution is -2.21. The molecule has 2 aromatic heterocycles. The van der Waals surface area contributed by atoms with Gasteiger partial charge in [0.2, 0.25) is 0 Å². The van der Waals surface area contributed by atoms with Gasteiger partial charge in [0.1, 0.15) is 0 Å². The van der Waals surface area contributed by atoms with E-state index in [0.29, 0.717) is 0 Å². The van der Waals surface area contributed by atoms with E-state index in [1.807, 2.05) is 11.3 Å². The summed E-state index contributed by atoms with van der Waals surface area (Å²) in [7, 11) is 0. The molecule has 1 unspecified atom stereocenters. The highest BCUT2D eigenvalue weighted by Crippen LogP contribution is 2.36. The van der Waals surface area contributed by atoms with Crippen molar-refractivity contribution in [2.75, 3.05) is 6.54 Å². The van der Waals surface area contributed by atoms with Crippen molar-refractivity contribution in [1.29, 1.82) is 0 Å². The van der Waals surface area contributed by atoms with E-state index in [0.717, 1.165) is 6.54 Å². The topological polar surface area (TPSA) is 12.0 Å². The average molecular weight is 352 g/mol. The van der Waals surface area contributed by atoms with Crippen molar-refractivity contribution >= 4 is 48.7 Å². The van der Waals surface area contributed by atoms with Crippen LogP contribution in [0.25, 0.3) is 10.1 Å². The van der Waals surface area contributed by atoms with Gasteiger partial charge in [0.25, 0.3) is 0 Å². The Kier molecular flexibility index (Phi) is 4.03. The van der Waals surface area contributed by atoms with E-state index in [-0.39, 0.29) is 6.04 Å². The van der Waals surface area contributed by atoms with Crippen molar-refractivity contribution in [3.8, 4) is 0 Å². The van der Waals surface area contributed by atoms with Crippen LogP contribution in [0.4, 0.5) is 0 Å². The first-order chi connectivity index (χ1) is 9.29. The highest BCUT2D eigenvalue weighted by Gasteiger charge is 2.17. The number of hydrogen-bond donors (Lipinski definition) is 1. The number of thiophene rings is 2. The van der Waals surface area contributed by atoms with Crippen LogP contribution >= 0.6 is 38.6 Å². The Morgan fingerprint density at radius 1 is 1.21 bits per heavy atom. The Bertz CT molecular complexity index is 686. The van der Waals surface area contributed by atoms with Crippen molar-refractivity contribution in [3.05, 3.63) is 56.0 Å². The summed E-state index contributed by atoms with van der Waals surface area (Å²) >= 11 is 7.18. The quantitative estimate of drug-likeness (QED) is 0.661. The molecule has 0 radical (unpaired) electrons. The molecule has 98 valence electrons. The number of benzene rings is 1. The van der Waals surface area contributed by atoms with Crippen LogP contribution in [0.1, 0.15) is 23.4 Å². The summed E-state index contributed by atoms with van der Waals surface area (Å²) in [4.78, 5) is 1.36. The first kappa shape index (κ1) is 13.3.